The number of halogens is 2. The first-order valence-corrected chi connectivity index (χ1v) is 6.96. The molecule has 0 aliphatic rings. The van der Waals surface area contributed by atoms with E-state index in [2.05, 4.69) is 4.98 Å². The smallest absolute Gasteiger partial charge is 0.159 e. The van der Waals surface area contributed by atoms with Gasteiger partial charge in [0.05, 0.1) is 5.52 Å². The van der Waals surface area contributed by atoms with E-state index in [1.54, 1.807) is 12.3 Å². The summed E-state index contributed by atoms with van der Waals surface area (Å²) in [5.74, 6) is -1.69. The zero-order valence-corrected chi connectivity index (χ0v) is 11.6. The van der Waals surface area contributed by atoms with E-state index in [4.69, 9.17) is 0 Å². The van der Waals surface area contributed by atoms with Gasteiger partial charge in [-0.15, -0.1) is 0 Å². The first-order valence-electron chi connectivity index (χ1n) is 6.96. The predicted molar refractivity (Wildman–Crippen MR) is 84.6 cm³/mol. The van der Waals surface area contributed by atoms with E-state index >= 15 is 0 Å². The number of hydrogen-bond donors (Lipinski definition) is 0. The summed E-state index contributed by atoms with van der Waals surface area (Å²) in [7, 11) is 0. The highest BCUT2D eigenvalue weighted by Crippen LogP contribution is 2.33. The summed E-state index contributed by atoms with van der Waals surface area (Å²) in [5, 5.41) is 2.99. The minimum Gasteiger partial charge on any atom is -0.256 e. The van der Waals surface area contributed by atoms with Gasteiger partial charge in [-0.05, 0) is 34.7 Å². The Morgan fingerprint density at radius 2 is 1.55 bits per heavy atom. The van der Waals surface area contributed by atoms with Crippen molar-refractivity contribution in [2.24, 2.45) is 0 Å². The molecule has 0 radical (unpaired) electrons. The first kappa shape index (κ1) is 12.9. The van der Waals surface area contributed by atoms with Gasteiger partial charge in [0.1, 0.15) is 0 Å². The zero-order valence-electron chi connectivity index (χ0n) is 11.6. The molecule has 0 bridgehead atoms. The third-order valence-electron chi connectivity index (χ3n) is 3.85. The minimum atomic E-state index is -0.845. The molecule has 0 saturated carbocycles. The normalized spacial score (nSPS) is 11.2. The number of rotatable bonds is 1. The topological polar surface area (TPSA) is 12.9 Å². The van der Waals surface area contributed by atoms with Crippen molar-refractivity contribution in [1.29, 1.82) is 0 Å². The van der Waals surface area contributed by atoms with Crippen LogP contribution in [0.25, 0.3) is 32.8 Å². The van der Waals surface area contributed by atoms with Crippen LogP contribution < -0.4 is 0 Å². The molecule has 0 unspecified atom stereocenters. The summed E-state index contributed by atoms with van der Waals surface area (Å²) in [6, 6.07) is 17.7. The van der Waals surface area contributed by atoms with E-state index < -0.39 is 11.6 Å². The number of hydrogen-bond acceptors (Lipinski definition) is 1. The van der Waals surface area contributed by atoms with Crippen LogP contribution >= 0.6 is 0 Å². The van der Waals surface area contributed by atoms with Crippen LogP contribution in [0, 0.1) is 11.6 Å². The predicted octanol–water partition coefficient (Wildman–Crippen LogP) is 5.33. The fraction of sp³-hybridized carbons (Fsp3) is 0. The van der Waals surface area contributed by atoms with Gasteiger partial charge in [-0.3, -0.25) is 4.98 Å². The van der Waals surface area contributed by atoms with Gasteiger partial charge >= 0.3 is 0 Å². The summed E-state index contributed by atoms with van der Waals surface area (Å²) >= 11 is 0. The van der Waals surface area contributed by atoms with Crippen molar-refractivity contribution in [1.82, 2.24) is 4.98 Å². The molecule has 3 heteroatoms. The summed E-state index contributed by atoms with van der Waals surface area (Å²) in [6.45, 7) is 0. The van der Waals surface area contributed by atoms with Gasteiger partial charge in [0.15, 0.2) is 11.6 Å². The van der Waals surface area contributed by atoms with Gasteiger partial charge in [-0.25, -0.2) is 8.78 Å². The Morgan fingerprint density at radius 1 is 0.727 bits per heavy atom. The largest absolute Gasteiger partial charge is 0.256 e. The summed E-state index contributed by atoms with van der Waals surface area (Å²) < 4.78 is 26.8. The third kappa shape index (κ3) is 1.94. The second-order valence-corrected chi connectivity index (χ2v) is 5.17. The fourth-order valence-corrected chi connectivity index (χ4v) is 2.82. The van der Waals surface area contributed by atoms with E-state index in [1.807, 2.05) is 42.5 Å². The number of benzene rings is 3. The van der Waals surface area contributed by atoms with Gasteiger partial charge in [-0.2, -0.15) is 0 Å². The van der Waals surface area contributed by atoms with Crippen molar-refractivity contribution in [3.05, 3.63) is 78.5 Å². The van der Waals surface area contributed by atoms with Crippen molar-refractivity contribution >= 4 is 21.7 Å². The van der Waals surface area contributed by atoms with Crippen LogP contribution in [-0.4, -0.2) is 4.98 Å². The Bertz CT molecular complexity index is 1010. The molecule has 0 amide bonds. The second kappa shape index (κ2) is 4.88. The van der Waals surface area contributed by atoms with Crippen molar-refractivity contribution in [3.8, 4) is 11.1 Å². The molecular weight excluding hydrogens is 280 g/mol. The molecule has 0 fully saturated rings. The lowest BCUT2D eigenvalue weighted by Crippen LogP contribution is -1.88. The maximum Gasteiger partial charge on any atom is 0.159 e. The highest BCUT2D eigenvalue weighted by atomic mass is 19.2. The Labute approximate surface area is 125 Å². The molecule has 0 spiro atoms. The standard InChI is InChI=1S/C19H11F2N/c20-16-9-8-14(11-17(16)21)15-5-1-3-12-6-7-13-4-2-10-22-19(13)18(12)15/h1-11H. The molecule has 3 aromatic carbocycles. The average molecular weight is 291 g/mol. The molecule has 0 saturated heterocycles. The molecule has 4 rings (SSSR count). The van der Waals surface area contributed by atoms with Crippen LogP contribution in [0.15, 0.2) is 66.9 Å². The number of pyridine rings is 1. The van der Waals surface area contributed by atoms with Crippen molar-refractivity contribution in [2.75, 3.05) is 0 Å². The lowest BCUT2D eigenvalue weighted by atomic mass is 9.96. The van der Waals surface area contributed by atoms with Gasteiger partial charge in [0.2, 0.25) is 0 Å². The third-order valence-corrected chi connectivity index (χ3v) is 3.85. The highest BCUT2D eigenvalue weighted by molar-refractivity contribution is 6.12. The molecule has 1 aromatic heterocycles. The van der Waals surface area contributed by atoms with Crippen LogP contribution in [0.5, 0.6) is 0 Å². The average Bonchev–Trinajstić information content (AvgIpc) is 2.56. The molecule has 4 aromatic rings. The van der Waals surface area contributed by atoms with Gasteiger partial charge in [0, 0.05) is 17.0 Å². The van der Waals surface area contributed by atoms with E-state index in [9.17, 15) is 8.78 Å². The van der Waals surface area contributed by atoms with Crippen molar-refractivity contribution in [3.63, 3.8) is 0 Å². The van der Waals surface area contributed by atoms with E-state index in [1.165, 1.54) is 6.07 Å². The lowest BCUT2D eigenvalue weighted by Gasteiger charge is -2.10. The van der Waals surface area contributed by atoms with E-state index in [-0.39, 0.29) is 0 Å². The molecule has 0 N–H and O–H groups in total. The monoisotopic (exact) mass is 291 g/mol. The van der Waals surface area contributed by atoms with Crippen LogP contribution in [0.4, 0.5) is 8.78 Å². The molecule has 106 valence electrons. The van der Waals surface area contributed by atoms with E-state index in [0.717, 1.165) is 33.3 Å². The Morgan fingerprint density at radius 3 is 2.41 bits per heavy atom. The Hall–Kier alpha value is -2.81. The van der Waals surface area contributed by atoms with Crippen molar-refractivity contribution in [2.45, 2.75) is 0 Å². The Balaban J connectivity index is 2.13. The number of fused-ring (bicyclic) bond motifs is 3. The summed E-state index contributed by atoms with van der Waals surface area (Å²) in [5.41, 5.74) is 2.35. The summed E-state index contributed by atoms with van der Waals surface area (Å²) in [4.78, 5) is 4.47. The maximum absolute atomic E-state index is 13.6. The first-order chi connectivity index (χ1) is 10.7. The fourth-order valence-electron chi connectivity index (χ4n) is 2.82. The minimum absolute atomic E-state index is 0.641. The zero-order chi connectivity index (χ0) is 15.1. The van der Waals surface area contributed by atoms with Gasteiger partial charge in [-0.1, -0.05) is 42.5 Å². The quantitative estimate of drug-likeness (QED) is 0.432. The Kier molecular flexibility index (Phi) is 2.86. The van der Waals surface area contributed by atoms with Crippen LogP contribution in [0.1, 0.15) is 0 Å². The highest BCUT2D eigenvalue weighted by Gasteiger charge is 2.10. The molecule has 1 nitrogen and oxygen atoms in total. The van der Waals surface area contributed by atoms with Crippen LogP contribution in [0.3, 0.4) is 0 Å². The van der Waals surface area contributed by atoms with E-state index in [0.29, 0.717) is 5.56 Å². The van der Waals surface area contributed by atoms with Crippen LogP contribution in [0.2, 0.25) is 0 Å². The molecular formula is C19H11F2N. The van der Waals surface area contributed by atoms with Gasteiger partial charge in [0.25, 0.3) is 0 Å². The molecule has 0 aliphatic carbocycles. The molecule has 0 atom stereocenters. The van der Waals surface area contributed by atoms with Gasteiger partial charge < -0.3 is 0 Å². The number of aromatic nitrogens is 1. The number of nitrogens with zero attached hydrogens (tertiary/aromatic N) is 1. The maximum atomic E-state index is 13.6. The van der Waals surface area contributed by atoms with Crippen LogP contribution in [-0.2, 0) is 0 Å². The van der Waals surface area contributed by atoms with Crippen molar-refractivity contribution < 1.29 is 8.78 Å². The lowest BCUT2D eigenvalue weighted by molar-refractivity contribution is 0.509. The molecule has 1 heterocycles. The summed E-state index contributed by atoms with van der Waals surface area (Å²) in [6.07, 6.45) is 1.74. The SMILES string of the molecule is Fc1ccc(-c2cccc3ccc4cccnc4c23)cc1F. The molecule has 0 aliphatic heterocycles. The second-order valence-electron chi connectivity index (χ2n) is 5.17. The molecule has 22 heavy (non-hydrogen) atoms.